The van der Waals surface area contributed by atoms with Gasteiger partial charge in [0.05, 0.1) is 0 Å². The highest BCUT2D eigenvalue weighted by atomic mass is 32.1. The summed E-state index contributed by atoms with van der Waals surface area (Å²) in [6.45, 7) is -0.171. The number of amides is 2. The van der Waals surface area contributed by atoms with Crippen LogP contribution in [-0.4, -0.2) is 27.8 Å². The molecule has 0 spiro atoms. The Morgan fingerprint density at radius 3 is 2.62 bits per heavy atom. The monoisotopic (exact) mass is 385 g/mol. The lowest BCUT2D eigenvalue weighted by Gasteiger charge is -2.28. The minimum atomic E-state index is -4.85. The van der Waals surface area contributed by atoms with Crippen molar-refractivity contribution in [3.8, 4) is 0 Å². The normalized spacial score (nSPS) is 14.2. The molecule has 0 aromatic carbocycles. The van der Waals surface area contributed by atoms with Crippen molar-refractivity contribution in [2.45, 2.75) is 25.7 Å². The molecule has 2 aromatic rings. The molecule has 0 fully saturated rings. The minimum absolute atomic E-state index is 0.269. The van der Waals surface area contributed by atoms with Crippen molar-refractivity contribution in [3.63, 3.8) is 0 Å². The largest absolute Gasteiger partial charge is 0.431 e. The molecule has 0 aliphatic carbocycles. The molecule has 0 bridgehead atoms. The van der Waals surface area contributed by atoms with Gasteiger partial charge in [-0.25, -0.2) is 0 Å². The first-order chi connectivity index (χ1) is 12.2. The lowest BCUT2D eigenvalue weighted by atomic mass is 10.1. The van der Waals surface area contributed by atoms with Gasteiger partial charge in [-0.05, 0) is 35.6 Å². The number of alkyl halides is 3. The van der Waals surface area contributed by atoms with Crippen LogP contribution in [0, 0.1) is 0 Å². The van der Waals surface area contributed by atoms with Crippen LogP contribution in [0.1, 0.15) is 26.5 Å². The van der Waals surface area contributed by atoms with E-state index in [-0.39, 0.29) is 11.1 Å². The standard InChI is InChI=1S/C16H14F3N3O3S/c17-16(18,19)12-2-1-10(14(20)24)15(25)22(12)8-13(23)21-5-3-11-9(7-21)4-6-26-11/h1-2,4,6H,3,5,7-8H2,(H2,20,24). The maximum atomic E-state index is 13.2. The number of carbonyl (C=O) groups excluding carboxylic acids is 2. The first-order valence-corrected chi connectivity index (χ1v) is 8.50. The highest BCUT2D eigenvalue weighted by molar-refractivity contribution is 7.10. The van der Waals surface area contributed by atoms with Gasteiger partial charge >= 0.3 is 6.18 Å². The number of nitrogens with two attached hydrogens (primary N) is 1. The molecule has 0 saturated heterocycles. The lowest BCUT2D eigenvalue weighted by Crippen LogP contribution is -2.42. The Labute approximate surface area is 149 Å². The van der Waals surface area contributed by atoms with E-state index in [1.54, 1.807) is 11.3 Å². The van der Waals surface area contributed by atoms with Crippen molar-refractivity contribution in [2.24, 2.45) is 5.73 Å². The molecule has 2 aromatic heterocycles. The van der Waals surface area contributed by atoms with Gasteiger partial charge in [0.1, 0.15) is 17.8 Å². The van der Waals surface area contributed by atoms with Gasteiger partial charge < -0.3 is 10.6 Å². The predicted molar refractivity (Wildman–Crippen MR) is 87.7 cm³/mol. The number of aromatic nitrogens is 1. The van der Waals surface area contributed by atoms with Crippen LogP contribution in [-0.2, 0) is 30.5 Å². The summed E-state index contributed by atoms with van der Waals surface area (Å²) in [5, 5.41) is 1.89. The van der Waals surface area contributed by atoms with Crippen molar-refractivity contribution in [3.05, 3.63) is 55.6 Å². The van der Waals surface area contributed by atoms with Crippen molar-refractivity contribution in [2.75, 3.05) is 6.54 Å². The van der Waals surface area contributed by atoms with Gasteiger partial charge in [0, 0.05) is 18.0 Å². The molecule has 0 unspecified atom stereocenters. The van der Waals surface area contributed by atoms with E-state index in [4.69, 9.17) is 5.73 Å². The van der Waals surface area contributed by atoms with Crippen LogP contribution in [0.15, 0.2) is 28.4 Å². The lowest BCUT2D eigenvalue weighted by molar-refractivity contribution is -0.145. The molecule has 1 aliphatic rings. The number of carbonyl (C=O) groups is 2. The zero-order valence-electron chi connectivity index (χ0n) is 13.4. The summed E-state index contributed by atoms with van der Waals surface area (Å²) in [6.07, 6.45) is -4.24. The fourth-order valence-electron chi connectivity index (χ4n) is 2.87. The summed E-state index contributed by atoms with van der Waals surface area (Å²) in [5.74, 6) is -1.78. The third-order valence-electron chi connectivity index (χ3n) is 4.18. The molecule has 0 saturated carbocycles. The first-order valence-electron chi connectivity index (χ1n) is 7.62. The van der Waals surface area contributed by atoms with Crippen molar-refractivity contribution >= 4 is 23.2 Å². The zero-order valence-corrected chi connectivity index (χ0v) is 14.2. The van der Waals surface area contributed by atoms with E-state index < -0.39 is 41.4 Å². The highest BCUT2D eigenvalue weighted by Gasteiger charge is 2.36. The van der Waals surface area contributed by atoms with Crippen LogP contribution >= 0.6 is 11.3 Å². The topological polar surface area (TPSA) is 85.4 Å². The van der Waals surface area contributed by atoms with Gasteiger partial charge in [-0.1, -0.05) is 0 Å². The second-order valence-electron chi connectivity index (χ2n) is 5.82. The second kappa shape index (κ2) is 6.60. The minimum Gasteiger partial charge on any atom is -0.365 e. The molecule has 26 heavy (non-hydrogen) atoms. The number of hydrogen-bond donors (Lipinski definition) is 1. The molecule has 2 N–H and O–H groups in total. The number of primary amides is 1. The van der Waals surface area contributed by atoms with E-state index in [0.29, 0.717) is 19.0 Å². The molecular weight excluding hydrogens is 371 g/mol. The molecule has 2 amide bonds. The van der Waals surface area contributed by atoms with Crippen molar-refractivity contribution in [1.29, 1.82) is 0 Å². The van der Waals surface area contributed by atoms with Gasteiger partial charge in [0.25, 0.3) is 11.5 Å². The van der Waals surface area contributed by atoms with E-state index in [0.717, 1.165) is 16.5 Å². The molecule has 3 heterocycles. The van der Waals surface area contributed by atoms with Crippen molar-refractivity contribution < 1.29 is 22.8 Å². The van der Waals surface area contributed by atoms with Crippen LogP contribution in [0.4, 0.5) is 13.2 Å². The SMILES string of the molecule is NC(=O)c1ccc(C(F)(F)F)n(CC(=O)N2CCc3sccc3C2)c1=O. The van der Waals surface area contributed by atoms with Gasteiger partial charge in [0.2, 0.25) is 5.91 Å². The number of fused-ring (bicyclic) bond motifs is 1. The van der Waals surface area contributed by atoms with E-state index >= 15 is 0 Å². The summed E-state index contributed by atoms with van der Waals surface area (Å²) < 4.78 is 39.9. The molecule has 3 rings (SSSR count). The van der Waals surface area contributed by atoms with Crippen LogP contribution < -0.4 is 11.3 Å². The highest BCUT2D eigenvalue weighted by Crippen LogP contribution is 2.29. The van der Waals surface area contributed by atoms with Gasteiger partial charge in [0.15, 0.2) is 0 Å². The average Bonchev–Trinajstić information content (AvgIpc) is 3.02. The molecule has 1 aliphatic heterocycles. The Morgan fingerprint density at radius 2 is 1.96 bits per heavy atom. The fraction of sp³-hybridized carbons (Fsp3) is 0.312. The quantitative estimate of drug-likeness (QED) is 0.871. The molecule has 0 atom stereocenters. The van der Waals surface area contributed by atoms with Gasteiger partial charge in [-0.3, -0.25) is 19.0 Å². The number of hydrogen-bond acceptors (Lipinski definition) is 4. The molecule has 0 radical (unpaired) electrons. The van der Waals surface area contributed by atoms with E-state index in [9.17, 15) is 27.6 Å². The summed E-state index contributed by atoms with van der Waals surface area (Å²) in [6, 6.07) is 3.18. The summed E-state index contributed by atoms with van der Waals surface area (Å²) in [7, 11) is 0. The van der Waals surface area contributed by atoms with Crippen molar-refractivity contribution in [1.82, 2.24) is 9.47 Å². The van der Waals surface area contributed by atoms with E-state index in [2.05, 4.69) is 0 Å². The number of halogens is 3. The maximum Gasteiger partial charge on any atom is 0.431 e. The molecular formula is C16H14F3N3O3S. The van der Waals surface area contributed by atoms with Crippen LogP contribution in [0.25, 0.3) is 0 Å². The molecule has 10 heteroatoms. The second-order valence-corrected chi connectivity index (χ2v) is 6.82. The molecule has 138 valence electrons. The Hall–Kier alpha value is -2.62. The Morgan fingerprint density at radius 1 is 1.23 bits per heavy atom. The van der Waals surface area contributed by atoms with Gasteiger partial charge in [-0.2, -0.15) is 13.2 Å². The van der Waals surface area contributed by atoms with Crippen LogP contribution in [0.3, 0.4) is 0 Å². The molecule has 6 nitrogen and oxygen atoms in total. The third-order valence-corrected chi connectivity index (χ3v) is 5.21. The first kappa shape index (κ1) is 18.2. The summed E-state index contributed by atoms with van der Waals surface area (Å²) in [5.41, 5.74) is 2.86. The Bertz CT molecular complexity index is 933. The summed E-state index contributed by atoms with van der Waals surface area (Å²) in [4.78, 5) is 38.5. The van der Waals surface area contributed by atoms with Crippen LogP contribution in [0.2, 0.25) is 0 Å². The number of thiophene rings is 1. The Balaban J connectivity index is 1.93. The Kier molecular flexibility index (Phi) is 4.61. The van der Waals surface area contributed by atoms with Crippen LogP contribution in [0.5, 0.6) is 0 Å². The third kappa shape index (κ3) is 3.36. The fourth-order valence-corrected chi connectivity index (χ4v) is 3.76. The van der Waals surface area contributed by atoms with E-state index in [1.165, 1.54) is 4.90 Å². The van der Waals surface area contributed by atoms with Gasteiger partial charge in [-0.15, -0.1) is 11.3 Å². The predicted octanol–water partition coefficient (Wildman–Crippen LogP) is 1.61. The number of pyridine rings is 1. The van der Waals surface area contributed by atoms with E-state index in [1.807, 2.05) is 11.4 Å². The average molecular weight is 385 g/mol. The number of nitrogens with zero attached hydrogens (tertiary/aromatic N) is 2. The summed E-state index contributed by atoms with van der Waals surface area (Å²) >= 11 is 1.56. The maximum absolute atomic E-state index is 13.2. The zero-order chi connectivity index (χ0) is 19.1. The smallest absolute Gasteiger partial charge is 0.365 e. The number of rotatable bonds is 3.